The molecule has 1 aromatic rings. The van der Waals surface area contributed by atoms with Crippen LogP contribution in [0.25, 0.3) is 0 Å². The van der Waals surface area contributed by atoms with Gasteiger partial charge in [0.1, 0.15) is 6.61 Å². The second-order valence-corrected chi connectivity index (χ2v) is 2.09. The maximum absolute atomic E-state index is 11.5. The molecule has 12 heavy (non-hydrogen) atoms. The number of alkyl halides is 3. The molecule has 1 rings (SSSR count). The summed E-state index contributed by atoms with van der Waals surface area (Å²) in [5.74, 6) is 0. The largest absolute Gasteiger partial charge is 0.523 e. The zero-order valence-corrected chi connectivity index (χ0v) is 6.01. The van der Waals surface area contributed by atoms with Crippen molar-refractivity contribution in [3.8, 4) is 0 Å². The molecular weight excluding hydrogens is 169 g/mol. The van der Waals surface area contributed by atoms with Gasteiger partial charge in [-0.15, -0.1) is 13.2 Å². The van der Waals surface area contributed by atoms with Crippen molar-refractivity contribution in [1.29, 1.82) is 0 Å². The van der Waals surface area contributed by atoms with E-state index >= 15 is 0 Å². The summed E-state index contributed by atoms with van der Waals surface area (Å²) >= 11 is 0. The highest BCUT2D eigenvalue weighted by atomic mass is 19.4. The van der Waals surface area contributed by atoms with Crippen LogP contribution in [0.1, 0.15) is 5.56 Å². The number of benzene rings is 1. The minimum Gasteiger partial charge on any atom is -0.281 e. The summed E-state index contributed by atoms with van der Waals surface area (Å²) in [6.45, 7) is 0.667. The third-order valence-electron chi connectivity index (χ3n) is 1.13. The molecule has 0 N–H and O–H groups in total. The molecule has 0 amide bonds. The van der Waals surface area contributed by atoms with E-state index in [2.05, 4.69) is 4.74 Å². The van der Waals surface area contributed by atoms with Crippen LogP contribution in [0.15, 0.2) is 30.3 Å². The Morgan fingerprint density at radius 2 is 1.67 bits per heavy atom. The molecule has 0 atom stereocenters. The van der Waals surface area contributed by atoms with E-state index in [4.69, 9.17) is 0 Å². The number of hydrogen-bond donors (Lipinski definition) is 0. The summed E-state index contributed by atoms with van der Waals surface area (Å²) in [6.07, 6.45) is -4.60. The number of hydrogen-bond acceptors (Lipinski definition) is 1. The van der Waals surface area contributed by atoms with E-state index < -0.39 is 6.36 Å². The van der Waals surface area contributed by atoms with Crippen molar-refractivity contribution in [2.24, 2.45) is 0 Å². The van der Waals surface area contributed by atoms with Gasteiger partial charge in [0.15, 0.2) is 0 Å². The van der Waals surface area contributed by atoms with Crippen LogP contribution in [0.5, 0.6) is 0 Å². The van der Waals surface area contributed by atoms with Gasteiger partial charge < -0.3 is 0 Å². The Bertz CT molecular complexity index is 230. The van der Waals surface area contributed by atoms with Gasteiger partial charge in [0.2, 0.25) is 0 Å². The van der Waals surface area contributed by atoms with Crippen LogP contribution >= 0.6 is 0 Å². The summed E-state index contributed by atoms with van der Waals surface area (Å²) in [5, 5.41) is 0. The SMILES string of the molecule is FC(F)(F)O[CH]c1ccccc1. The van der Waals surface area contributed by atoms with E-state index in [-0.39, 0.29) is 0 Å². The Morgan fingerprint density at radius 1 is 1.08 bits per heavy atom. The molecule has 0 bridgehead atoms. The molecule has 0 heterocycles. The molecule has 0 unspecified atom stereocenters. The predicted molar refractivity (Wildman–Crippen MR) is 37.0 cm³/mol. The third kappa shape index (κ3) is 3.39. The van der Waals surface area contributed by atoms with Gasteiger partial charge in [0.05, 0.1) is 0 Å². The Balaban J connectivity index is 2.44. The highest BCUT2D eigenvalue weighted by Crippen LogP contribution is 2.19. The molecule has 0 aliphatic heterocycles. The fraction of sp³-hybridized carbons (Fsp3) is 0.125. The van der Waals surface area contributed by atoms with E-state index in [1.807, 2.05) is 0 Å². The van der Waals surface area contributed by atoms with Crippen molar-refractivity contribution >= 4 is 0 Å². The van der Waals surface area contributed by atoms with Gasteiger partial charge in [-0.1, -0.05) is 30.3 Å². The molecule has 0 fully saturated rings. The highest BCUT2D eigenvalue weighted by molar-refractivity contribution is 5.19. The van der Waals surface area contributed by atoms with Crippen LogP contribution in [-0.4, -0.2) is 6.36 Å². The second-order valence-electron chi connectivity index (χ2n) is 2.09. The zero-order valence-electron chi connectivity index (χ0n) is 6.01. The van der Waals surface area contributed by atoms with Gasteiger partial charge in [0.25, 0.3) is 0 Å². The molecule has 1 radical (unpaired) electrons. The summed E-state index contributed by atoms with van der Waals surface area (Å²) in [6, 6.07) is 8.01. The molecule has 0 aliphatic carbocycles. The first-order valence-corrected chi connectivity index (χ1v) is 3.21. The van der Waals surface area contributed by atoms with Gasteiger partial charge in [-0.3, -0.25) is 4.74 Å². The van der Waals surface area contributed by atoms with Gasteiger partial charge in [-0.05, 0) is 5.56 Å². The van der Waals surface area contributed by atoms with Crippen molar-refractivity contribution in [3.05, 3.63) is 42.5 Å². The minimum absolute atomic E-state index is 0.384. The standard InChI is InChI=1S/C8H6F3O/c9-8(10,11)12-6-7-4-2-1-3-5-7/h1-6H. The van der Waals surface area contributed by atoms with Crippen LogP contribution < -0.4 is 0 Å². The van der Waals surface area contributed by atoms with Gasteiger partial charge in [0, 0.05) is 0 Å². The average Bonchev–Trinajstić information content (AvgIpc) is 2.02. The highest BCUT2D eigenvalue weighted by Gasteiger charge is 2.29. The molecule has 4 heteroatoms. The van der Waals surface area contributed by atoms with E-state index in [0.29, 0.717) is 12.2 Å². The normalized spacial score (nSPS) is 11.6. The lowest BCUT2D eigenvalue weighted by atomic mass is 10.2. The van der Waals surface area contributed by atoms with Gasteiger partial charge in [-0.2, -0.15) is 0 Å². The smallest absolute Gasteiger partial charge is 0.281 e. The summed E-state index contributed by atoms with van der Waals surface area (Å²) in [7, 11) is 0. The minimum atomic E-state index is -4.60. The van der Waals surface area contributed by atoms with Crippen molar-refractivity contribution in [2.45, 2.75) is 6.36 Å². The molecule has 1 aromatic carbocycles. The lowest BCUT2D eigenvalue weighted by molar-refractivity contribution is -0.306. The first-order valence-electron chi connectivity index (χ1n) is 3.21. The lowest BCUT2D eigenvalue weighted by Crippen LogP contribution is -2.11. The maximum atomic E-state index is 11.5. The monoisotopic (exact) mass is 175 g/mol. The molecule has 0 spiro atoms. The van der Waals surface area contributed by atoms with E-state index in [9.17, 15) is 13.2 Å². The van der Waals surface area contributed by atoms with Crippen molar-refractivity contribution in [2.75, 3.05) is 0 Å². The average molecular weight is 175 g/mol. The van der Waals surface area contributed by atoms with Crippen LogP contribution in [0.2, 0.25) is 0 Å². The zero-order chi connectivity index (χ0) is 9.03. The topological polar surface area (TPSA) is 9.23 Å². The Hall–Kier alpha value is -1.03. The van der Waals surface area contributed by atoms with Crippen LogP contribution in [0.4, 0.5) is 13.2 Å². The Kier molecular flexibility index (Phi) is 2.70. The number of rotatable bonds is 2. The fourth-order valence-corrected chi connectivity index (χ4v) is 0.666. The molecular formula is C8H6F3O. The predicted octanol–water partition coefficient (Wildman–Crippen LogP) is 2.73. The molecule has 0 saturated heterocycles. The number of halogens is 3. The maximum Gasteiger partial charge on any atom is 0.523 e. The molecule has 65 valence electrons. The Labute approximate surface area is 67.8 Å². The van der Waals surface area contributed by atoms with E-state index in [0.717, 1.165) is 0 Å². The second kappa shape index (κ2) is 3.58. The lowest BCUT2D eigenvalue weighted by Gasteiger charge is -2.05. The Morgan fingerprint density at radius 3 is 2.17 bits per heavy atom. The first kappa shape index (κ1) is 9.06. The van der Waals surface area contributed by atoms with Crippen molar-refractivity contribution < 1.29 is 17.9 Å². The quantitative estimate of drug-likeness (QED) is 0.671. The van der Waals surface area contributed by atoms with Crippen LogP contribution in [0.3, 0.4) is 0 Å². The fourth-order valence-electron chi connectivity index (χ4n) is 0.666. The third-order valence-corrected chi connectivity index (χ3v) is 1.13. The van der Waals surface area contributed by atoms with Crippen molar-refractivity contribution in [1.82, 2.24) is 0 Å². The van der Waals surface area contributed by atoms with E-state index in [1.165, 1.54) is 12.1 Å². The summed E-state index contributed by atoms with van der Waals surface area (Å²) in [4.78, 5) is 0. The molecule has 0 aliphatic rings. The van der Waals surface area contributed by atoms with Crippen LogP contribution in [-0.2, 0) is 4.74 Å². The molecule has 0 saturated carbocycles. The van der Waals surface area contributed by atoms with Gasteiger partial charge >= 0.3 is 6.36 Å². The van der Waals surface area contributed by atoms with E-state index in [1.54, 1.807) is 18.2 Å². The van der Waals surface area contributed by atoms with Gasteiger partial charge in [-0.25, -0.2) is 0 Å². The summed E-state index contributed by atoms with van der Waals surface area (Å²) < 4.78 is 38.0. The number of ether oxygens (including phenoxy) is 1. The first-order chi connectivity index (χ1) is 5.58. The summed E-state index contributed by atoms with van der Waals surface area (Å²) in [5.41, 5.74) is 0.384. The van der Waals surface area contributed by atoms with Crippen LogP contribution in [0, 0.1) is 6.61 Å². The molecule has 0 aromatic heterocycles. The van der Waals surface area contributed by atoms with Crippen molar-refractivity contribution in [3.63, 3.8) is 0 Å². The molecule has 1 nitrogen and oxygen atoms in total.